The molecule has 0 aliphatic carbocycles. The summed E-state index contributed by atoms with van der Waals surface area (Å²) in [6.07, 6.45) is 2.10. The van der Waals surface area contributed by atoms with Crippen molar-refractivity contribution in [1.29, 1.82) is 0 Å². The highest BCUT2D eigenvalue weighted by Crippen LogP contribution is 2.45. The lowest BCUT2D eigenvalue weighted by atomic mass is 9.87. The first-order chi connectivity index (χ1) is 15.4. The quantitative estimate of drug-likeness (QED) is 0.288. The number of rotatable bonds is 9. The fourth-order valence-electron chi connectivity index (χ4n) is 3.79. The Morgan fingerprint density at radius 1 is 1.39 bits per heavy atom. The highest BCUT2D eigenvalue weighted by molar-refractivity contribution is 5.84. The maximum Gasteiger partial charge on any atom is 0.322 e. The highest BCUT2D eigenvalue weighted by Gasteiger charge is 2.43. The summed E-state index contributed by atoms with van der Waals surface area (Å²) in [4.78, 5) is 25.1. The molecule has 184 valence electrons. The second kappa shape index (κ2) is 9.78. The SMILES string of the molecule is CNc1nc(N)nc2c1ncn2[C@@H]1O[C@H](COCN[C@H](C)C(=O)OCC(C)(C)C)CC1(C)C. The number of nitrogens with two attached hydrogens (primary N) is 1. The molecule has 1 saturated heterocycles. The van der Waals surface area contributed by atoms with Gasteiger partial charge in [0, 0.05) is 12.5 Å². The first-order valence-corrected chi connectivity index (χ1v) is 11.2. The molecular formula is C22H37N7O4. The molecule has 1 fully saturated rings. The van der Waals surface area contributed by atoms with Crippen molar-refractivity contribution in [1.82, 2.24) is 24.8 Å². The lowest BCUT2D eigenvalue weighted by Crippen LogP contribution is -2.38. The monoisotopic (exact) mass is 463 g/mol. The minimum Gasteiger partial charge on any atom is -0.464 e. The van der Waals surface area contributed by atoms with Crippen molar-refractivity contribution in [3.05, 3.63) is 6.33 Å². The van der Waals surface area contributed by atoms with Gasteiger partial charge in [0.05, 0.1) is 32.4 Å². The lowest BCUT2D eigenvalue weighted by molar-refractivity contribution is -0.149. The molecule has 2 aromatic heterocycles. The molecule has 0 amide bonds. The third kappa shape index (κ3) is 6.10. The Balaban J connectivity index is 1.55. The van der Waals surface area contributed by atoms with Crippen molar-refractivity contribution in [3.8, 4) is 0 Å². The number of hydrogen-bond donors (Lipinski definition) is 3. The minimum absolute atomic E-state index is 0.0675. The topological polar surface area (TPSA) is 138 Å². The third-order valence-corrected chi connectivity index (χ3v) is 5.47. The summed E-state index contributed by atoms with van der Waals surface area (Å²) >= 11 is 0. The van der Waals surface area contributed by atoms with Crippen LogP contribution in [0, 0.1) is 10.8 Å². The molecule has 11 nitrogen and oxygen atoms in total. The van der Waals surface area contributed by atoms with Gasteiger partial charge in [-0.15, -0.1) is 0 Å². The van der Waals surface area contributed by atoms with Crippen LogP contribution in [0.15, 0.2) is 6.33 Å². The summed E-state index contributed by atoms with van der Waals surface area (Å²) in [5.41, 5.74) is 6.90. The van der Waals surface area contributed by atoms with E-state index >= 15 is 0 Å². The molecule has 2 aromatic rings. The molecule has 3 rings (SSSR count). The minimum atomic E-state index is -0.454. The second-order valence-corrected chi connectivity index (χ2v) is 10.4. The van der Waals surface area contributed by atoms with Crippen molar-refractivity contribution in [2.45, 2.75) is 66.3 Å². The van der Waals surface area contributed by atoms with Crippen LogP contribution in [-0.4, -0.2) is 64.6 Å². The highest BCUT2D eigenvalue weighted by atomic mass is 16.6. The van der Waals surface area contributed by atoms with Crippen LogP contribution < -0.4 is 16.4 Å². The maximum absolute atomic E-state index is 12.1. The summed E-state index contributed by atoms with van der Waals surface area (Å²) in [5.74, 6) is 0.458. The molecule has 0 radical (unpaired) electrons. The number of nitrogens with zero attached hydrogens (tertiary/aromatic N) is 4. The van der Waals surface area contributed by atoms with Crippen molar-refractivity contribution < 1.29 is 19.0 Å². The van der Waals surface area contributed by atoms with Crippen LogP contribution in [0.25, 0.3) is 11.2 Å². The Hall–Kier alpha value is -2.50. The predicted molar refractivity (Wildman–Crippen MR) is 125 cm³/mol. The Morgan fingerprint density at radius 2 is 2.12 bits per heavy atom. The van der Waals surface area contributed by atoms with Crippen LogP contribution in [0.4, 0.5) is 11.8 Å². The Labute approximate surface area is 194 Å². The van der Waals surface area contributed by atoms with Gasteiger partial charge < -0.3 is 25.3 Å². The van der Waals surface area contributed by atoms with Crippen LogP contribution in [0.1, 0.15) is 54.2 Å². The van der Waals surface area contributed by atoms with Crippen LogP contribution in [0.3, 0.4) is 0 Å². The lowest BCUT2D eigenvalue weighted by Gasteiger charge is -2.26. The zero-order valence-corrected chi connectivity index (χ0v) is 20.6. The number of carbonyl (C=O) groups is 1. The number of aromatic nitrogens is 4. The molecule has 1 aliphatic heterocycles. The molecule has 0 bridgehead atoms. The van der Waals surface area contributed by atoms with Crippen LogP contribution in [0.5, 0.6) is 0 Å². The zero-order valence-electron chi connectivity index (χ0n) is 20.6. The van der Waals surface area contributed by atoms with E-state index in [9.17, 15) is 4.79 Å². The van der Waals surface area contributed by atoms with Crippen LogP contribution in [-0.2, 0) is 19.0 Å². The van der Waals surface area contributed by atoms with Crippen molar-refractivity contribution >= 4 is 28.9 Å². The van der Waals surface area contributed by atoms with Crippen molar-refractivity contribution in [2.24, 2.45) is 10.8 Å². The average Bonchev–Trinajstić information content (AvgIpc) is 3.27. The molecule has 0 saturated carbocycles. The van der Waals surface area contributed by atoms with E-state index in [-0.39, 0.29) is 41.8 Å². The smallest absolute Gasteiger partial charge is 0.322 e. The molecule has 0 unspecified atom stereocenters. The average molecular weight is 464 g/mol. The number of fused-ring (bicyclic) bond motifs is 1. The summed E-state index contributed by atoms with van der Waals surface area (Å²) in [5, 5.41) is 6.04. The summed E-state index contributed by atoms with van der Waals surface area (Å²) < 4.78 is 19.3. The van der Waals surface area contributed by atoms with Gasteiger partial charge >= 0.3 is 5.97 Å². The number of imidazole rings is 1. The molecule has 4 N–H and O–H groups in total. The van der Waals surface area contributed by atoms with E-state index in [4.69, 9.17) is 19.9 Å². The Bertz CT molecular complexity index is 970. The largest absolute Gasteiger partial charge is 0.464 e. The van der Waals surface area contributed by atoms with Gasteiger partial charge in [-0.2, -0.15) is 9.97 Å². The van der Waals surface area contributed by atoms with Crippen LogP contribution >= 0.6 is 0 Å². The van der Waals surface area contributed by atoms with E-state index in [1.807, 2.05) is 25.3 Å². The molecule has 0 aromatic carbocycles. The molecule has 0 spiro atoms. The predicted octanol–water partition coefficient (Wildman–Crippen LogP) is 2.31. The number of nitrogen functional groups attached to an aromatic ring is 1. The molecule has 11 heteroatoms. The number of esters is 1. The van der Waals surface area contributed by atoms with E-state index in [0.717, 1.165) is 6.42 Å². The third-order valence-electron chi connectivity index (χ3n) is 5.47. The summed E-state index contributed by atoms with van der Waals surface area (Å²) in [7, 11) is 1.77. The Kier molecular flexibility index (Phi) is 7.45. The van der Waals surface area contributed by atoms with E-state index in [2.05, 4.69) is 39.4 Å². The van der Waals surface area contributed by atoms with E-state index in [1.165, 1.54) is 0 Å². The van der Waals surface area contributed by atoms with Crippen molar-refractivity contribution in [3.63, 3.8) is 0 Å². The van der Waals surface area contributed by atoms with Gasteiger partial charge in [0.25, 0.3) is 0 Å². The fraction of sp³-hybridized carbons (Fsp3) is 0.727. The van der Waals surface area contributed by atoms with E-state index in [0.29, 0.717) is 30.2 Å². The normalized spacial score (nSPS) is 21.3. The summed E-state index contributed by atoms with van der Waals surface area (Å²) in [6.45, 7) is 13.1. The summed E-state index contributed by atoms with van der Waals surface area (Å²) in [6, 6.07) is -0.454. The molecular weight excluding hydrogens is 426 g/mol. The molecule has 1 aliphatic rings. The second-order valence-electron chi connectivity index (χ2n) is 10.4. The number of carbonyl (C=O) groups excluding carboxylic acids is 1. The molecule has 3 atom stereocenters. The number of hydrogen-bond acceptors (Lipinski definition) is 10. The fourth-order valence-corrected chi connectivity index (χ4v) is 3.79. The van der Waals surface area contributed by atoms with Crippen molar-refractivity contribution in [2.75, 3.05) is 38.0 Å². The number of ether oxygens (including phenoxy) is 3. The van der Waals surface area contributed by atoms with Gasteiger partial charge in [-0.05, 0) is 18.8 Å². The number of nitrogens with one attached hydrogen (secondary N) is 2. The van der Waals surface area contributed by atoms with E-state index in [1.54, 1.807) is 20.3 Å². The molecule has 33 heavy (non-hydrogen) atoms. The van der Waals surface area contributed by atoms with Gasteiger partial charge in [-0.3, -0.25) is 14.7 Å². The van der Waals surface area contributed by atoms with Crippen LogP contribution in [0.2, 0.25) is 0 Å². The number of anilines is 2. The first-order valence-electron chi connectivity index (χ1n) is 11.2. The van der Waals surface area contributed by atoms with Gasteiger partial charge in [-0.1, -0.05) is 34.6 Å². The van der Waals surface area contributed by atoms with Gasteiger partial charge in [0.1, 0.15) is 12.3 Å². The standard InChI is InChI=1S/C22H37N7O4/c1-13(18(30)32-10-21(2,3)4)26-12-31-9-14-8-22(5,6)19(33-14)29-11-25-15-16(24-7)27-20(23)28-17(15)29/h11,13-14,19,26H,8-10,12H2,1-7H3,(H3,23,24,27,28)/t13-,14+,19-/m1/s1. The zero-order chi connectivity index (χ0) is 24.4. The van der Waals surface area contributed by atoms with E-state index < -0.39 is 6.04 Å². The Morgan fingerprint density at radius 3 is 2.79 bits per heavy atom. The maximum atomic E-state index is 12.1. The van der Waals surface area contributed by atoms with Gasteiger partial charge in [0.2, 0.25) is 5.95 Å². The molecule has 3 heterocycles. The van der Waals surface area contributed by atoms with Gasteiger partial charge in [0.15, 0.2) is 17.0 Å². The first kappa shape index (κ1) is 25.1. The van der Waals surface area contributed by atoms with Gasteiger partial charge in [-0.25, -0.2) is 4.98 Å².